The van der Waals surface area contributed by atoms with Crippen LogP contribution in [0.4, 0.5) is 0 Å². The van der Waals surface area contributed by atoms with Crippen LogP contribution in [0.1, 0.15) is 40.9 Å². The van der Waals surface area contributed by atoms with Crippen LogP contribution < -0.4 is 14.2 Å². The molecule has 9 heteroatoms. The average Bonchev–Trinajstić information content (AvgIpc) is 2.82. The van der Waals surface area contributed by atoms with Gasteiger partial charge < -0.3 is 19.1 Å². The quantitative estimate of drug-likeness (QED) is 0.648. The van der Waals surface area contributed by atoms with E-state index in [2.05, 4.69) is 4.72 Å². The fraction of sp³-hybridized carbons (Fsp3) is 0.435. The predicted octanol–water partition coefficient (Wildman–Crippen LogP) is 2.91. The Labute approximate surface area is 189 Å². The SMILES string of the molecule is CC[C@H](NS(=O)(=O)c1ccc(OC)c(C(=O)N2CCOCC2)c1)c1ccc(OC)c(C)c1. The number of hydrogen-bond acceptors (Lipinski definition) is 6. The molecule has 1 fully saturated rings. The van der Waals surface area contributed by atoms with Gasteiger partial charge in [-0.05, 0) is 48.7 Å². The lowest BCUT2D eigenvalue weighted by Crippen LogP contribution is -2.40. The number of aryl methyl sites for hydroxylation is 1. The van der Waals surface area contributed by atoms with Crippen LogP contribution in [-0.4, -0.2) is 59.7 Å². The molecule has 32 heavy (non-hydrogen) atoms. The van der Waals surface area contributed by atoms with E-state index in [1.54, 1.807) is 12.0 Å². The summed E-state index contributed by atoms with van der Waals surface area (Å²) in [6.45, 7) is 5.63. The summed E-state index contributed by atoms with van der Waals surface area (Å²) in [6, 6.07) is 9.51. The number of morpholine rings is 1. The van der Waals surface area contributed by atoms with Crippen LogP contribution in [0.5, 0.6) is 11.5 Å². The molecule has 2 aromatic carbocycles. The van der Waals surface area contributed by atoms with Crippen molar-refractivity contribution in [3.63, 3.8) is 0 Å². The first-order valence-corrected chi connectivity index (χ1v) is 12.0. The van der Waals surface area contributed by atoms with Crippen molar-refractivity contribution >= 4 is 15.9 Å². The van der Waals surface area contributed by atoms with Crippen LogP contribution >= 0.6 is 0 Å². The van der Waals surface area contributed by atoms with Gasteiger partial charge >= 0.3 is 0 Å². The van der Waals surface area contributed by atoms with E-state index in [0.29, 0.717) is 38.5 Å². The fourth-order valence-corrected chi connectivity index (χ4v) is 5.05. The molecule has 0 spiro atoms. The van der Waals surface area contributed by atoms with Crippen LogP contribution in [0.25, 0.3) is 0 Å². The third kappa shape index (κ3) is 5.23. The van der Waals surface area contributed by atoms with Gasteiger partial charge in [0, 0.05) is 19.1 Å². The molecule has 1 aliphatic heterocycles. The molecule has 0 aliphatic carbocycles. The Hall–Kier alpha value is -2.62. The molecular weight excluding hydrogens is 432 g/mol. The standard InChI is InChI=1S/C23H30N2O6S/c1-5-20(17-6-8-21(29-3)16(2)14-17)24-32(27,28)18-7-9-22(30-4)19(15-18)23(26)25-10-12-31-13-11-25/h6-9,14-15,20,24H,5,10-13H2,1-4H3/t20-/m0/s1. The Kier molecular flexibility index (Phi) is 7.76. The molecule has 2 aromatic rings. The smallest absolute Gasteiger partial charge is 0.257 e. The van der Waals surface area contributed by atoms with Gasteiger partial charge in [-0.25, -0.2) is 13.1 Å². The maximum absolute atomic E-state index is 13.2. The third-order valence-electron chi connectivity index (χ3n) is 5.54. The first-order chi connectivity index (χ1) is 15.3. The highest BCUT2D eigenvalue weighted by molar-refractivity contribution is 7.89. The number of amides is 1. The Morgan fingerprint density at radius 3 is 2.34 bits per heavy atom. The third-order valence-corrected chi connectivity index (χ3v) is 7.01. The van der Waals surface area contributed by atoms with Crippen molar-refractivity contribution in [1.82, 2.24) is 9.62 Å². The molecule has 174 valence electrons. The first kappa shape index (κ1) is 24.0. The number of ether oxygens (including phenoxy) is 3. The fourth-order valence-electron chi connectivity index (χ4n) is 3.72. The first-order valence-electron chi connectivity index (χ1n) is 10.5. The summed E-state index contributed by atoms with van der Waals surface area (Å²) in [4.78, 5) is 14.7. The van der Waals surface area contributed by atoms with Gasteiger partial charge in [0.25, 0.3) is 5.91 Å². The number of rotatable bonds is 8. The highest BCUT2D eigenvalue weighted by Gasteiger charge is 2.26. The van der Waals surface area contributed by atoms with Crippen molar-refractivity contribution in [2.75, 3.05) is 40.5 Å². The van der Waals surface area contributed by atoms with Gasteiger partial charge in [-0.1, -0.05) is 19.1 Å². The molecule has 8 nitrogen and oxygen atoms in total. The van der Waals surface area contributed by atoms with Crippen molar-refractivity contribution < 1.29 is 27.4 Å². The minimum Gasteiger partial charge on any atom is -0.496 e. The summed E-state index contributed by atoms with van der Waals surface area (Å²) < 4.78 is 45.1. The molecule has 0 bridgehead atoms. The molecule has 0 aromatic heterocycles. The monoisotopic (exact) mass is 462 g/mol. The molecule has 1 saturated heterocycles. The van der Waals surface area contributed by atoms with Crippen LogP contribution in [-0.2, 0) is 14.8 Å². The maximum Gasteiger partial charge on any atom is 0.257 e. The van der Waals surface area contributed by atoms with E-state index in [-0.39, 0.29) is 16.4 Å². The maximum atomic E-state index is 13.2. The zero-order valence-electron chi connectivity index (χ0n) is 18.9. The van der Waals surface area contributed by atoms with Crippen LogP contribution in [0.3, 0.4) is 0 Å². The summed E-state index contributed by atoms with van der Waals surface area (Å²) in [5.41, 5.74) is 1.98. The summed E-state index contributed by atoms with van der Waals surface area (Å²) in [6.07, 6.45) is 0.556. The number of methoxy groups -OCH3 is 2. The molecule has 1 N–H and O–H groups in total. The zero-order valence-corrected chi connectivity index (χ0v) is 19.7. The number of sulfonamides is 1. The van der Waals surface area contributed by atoms with E-state index in [1.807, 2.05) is 32.0 Å². The number of benzene rings is 2. The van der Waals surface area contributed by atoms with E-state index in [0.717, 1.165) is 16.9 Å². The predicted molar refractivity (Wildman–Crippen MR) is 121 cm³/mol. The lowest BCUT2D eigenvalue weighted by molar-refractivity contribution is 0.0300. The van der Waals surface area contributed by atoms with Gasteiger partial charge in [0.05, 0.1) is 37.9 Å². The largest absolute Gasteiger partial charge is 0.496 e. The van der Waals surface area contributed by atoms with Crippen LogP contribution in [0.2, 0.25) is 0 Å². The number of nitrogens with one attached hydrogen (secondary N) is 1. The molecule has 1 atom stereocenters. The van der Waals surface area contributed by atoms with Gasteiger partial charge in [-0.2, -0.15) is 0 Å². The molecular formula is C23H30N2O6S. The minimum absolute atomic E-state index is 0.0126. The summed E-state index contributed by atoms with van der Waals surface area (Å²) in [5.74, 6) is 0.797. The minimum atomic E-state index is -3.89. The number of carbonyl (C=O) groups excluding carboxylic acids is 1. The Morgan fingerprint density at radius 1 is 1.09 bits per heavy atom. The lowest BCUT2D eigenvalue weighted by Gasteiger charge is -2.27. The van der Waals surface area contributed by atoms with Gasteiger partial charge in [-0.3, -0.25) is 4.79 Å². The van der Waals surface area contributed by atoms with E-state index in [4.69, 9.17) is 14.2 Å². The van der Waals surface area contributed by atoms with Crippen LogP contribution in [0, 0.1) is 6.92 Å². The second-order valence-corrected chi connectivity index (χ2v) is 9.29. The number of hydrogen-bond donors (Lipinski definition) is 1. The highest BCUT2D eigenvalue weighted by Crippen LogP contribution is 2.28. The molecule has 1 amide bonds. The highest BCUT2D eigenvalue weighted by atomic mass is 32.2. The second kappa shape index (κ2) is 10.3. The molecule has 0 unspecified atom stereocenters. The van der Waals surface area contributed by atoms with Gasteiger partial charge in [0.15, 0.2) is 0 Å². The average molecular weight is 463 g/mol. The normalized spacial score (nSPS) is 15.3. The van der Waals surface area contributed by atoms with E-state index < -0.39 is 16.1 Å². The topological polar surface area (TPSA) is 94.2 Å². The summed E-state index contributed by atoms with van der Waals surface area (Å²) >= 11 is 0. The summed E-state index contributed by atoms with van der Waals surface area (Å²) in [7, 11) is -0.838. The summed E-state index contributed by atoms with van der Waals surface area (Å²) in [5, 5.41) is 0. The van der Waals surface area contributed by atoms with Crippen molar-refractivity contribution in [2.24, 2.45) is 0 Å². The van der Waals surface area contributed by atoms with E-state index >= 15 is 0 Å². The van der Waals surface area contributed by atoms with Gasteiger partial charge in [0.2, 0.25) is 10.0 Å². The zero-order chi connectivity index (χ0) is 23.3. The van der Waals surface area contributed by atoms with Gasteiger partial charge in [0.1, 0.15) is 11.5 Å². The van der Waals surface area contributed by atoms with Crippen molar-refractivity contribution in [1.29, 1.82) is 0 Å². The number of carbonyl (C=O) groups is 1. The van der Waals surface area contributed by atoms with Gasteiger partial charge in [-0.15, -0.1) is 0 Å². The Bertz CT molecular complexity index is 1060. The van der Waals surface area contributed by atoms with Crippen LogP contribution in [0.15, 0.2) is 41.3 Å². The number of nitrogens with zero attached hydrogens (tertiary/aromatic N) is 1. The molecule has 1 heterocycles. The van der Waals surface area contributed by atoms with Crippen molar-refractivity contribution in [3.05, 3.63) is 53.1 Å². The molecule has 0 radical (unpaired) electrons. The van der Waals surface area contributed by atoms with E-state index in [1.165, 1.54) is 25.3 Å². The van der Waals surface area contributed by atoms with Crippen molar-refractivity contribution in [2.45, 2.75) is 31.2 Å². The second-order valence-electron chi connectivity index (χ2n) is 7.58. The lowest BCUT2D eigenvalue weighted by atomic mass is 10.0. The van der Waals surface area contributed by atoms with Crippen molar-refractivity contribution in [3.8, 4) is 11.5 Å². The van der Waals surface area contributed by atoms with E-state index in [9.17, 15) is 13.2 Å². The Balaban J connectivity index is 1.90. The molecule has 1 aliphatic rings. The molecule has 3 rings (SSSR count). The Morgan fingerprint density at radius 2 is 1.75 bits per heavy atom. The molecule has 0 saturated carbocycles.